The van der Waals surface area contributed by atoms with Crippen LogP contribution in [-0.4, -0.2) is 37.5 Å². The Hall–Kier alpha value is -2.41. The number of nitrogens with one attached hydrogen (secondary N) is 2. The maximum absolute atomic E-state index is 12.1. The first-order valence-corrected chi connectivity index (χ1v) is 7.54. The first-order chi connectivity index (χ1) is 10.7. The molecule has 0 atom stereocenters. The fraction of sp³-hybridized carbons (Fsp3) is 0.400. The number of fused-ring (bicyclic) bond motifs is 1. The molecule has 4 rings (SSSR count). The smallest absolute Gasteiger partial charge is 0.251 e. The van der Waals surface area contributed by atoms with Gasteiger partial charge in [-0.2, -0.15) is 10.2 Å². The van der Waals surface area contributed by atoms with Crippen molar-refractivity contribution < 1.29 is 0 Å². The molecule has 0 aromatic carbocycles. The predicted molar refractivity (Wildman–Crippen MR) is 82.9 cm³/mol. The van der Waals surface area contributed by atoms with Crippen LogP contribution in [0.1, 0.15) is 24.5 Å². The molecule has 114 valence electrons. The van der Waals surface area contributed by atoms with E-state index in [1.807, 2.05) is 17.6 Å². The van der Waals surface area contributed by atoms with E-state index >= 15 is 0 Å². The van der Waals surface area contributed by atoms with Crippen molar-refractivity contribution in [3.8, 4) is 11.3 Å². The minimum absolute atomic E-state index is 0.0787. The normalized spacial score (nSPS) is 16.4. The van der Waals surface area contributed by atoms with Crippen molar-refractivity contribution >= 4 is 5.65 Å². The van der Waals surface area contributed by atoms with Gasteiger partial charge in [-0.25, -0.2) is 4.52 Å². The van der Waals surface area contributed by atoms with Gasteiger partial charge in [-0.1, -0.05) is 0 Å². The summed E-state index contributed by atoms with van der Waals surface area (Å²) in [6.45, 7) is 1.96. The molecule has 2 N–H and O–H groups in total. The summed E-state index contributed by atoms with van der Waals surface area (Å²) in [6, 6.07) is 3.61. The zero-order valence-electron chi connectivity index (χ0n) is 12.4. The van der Waals surface area contributed by atoms with Crippen LogP contribution in [-0.2, 0) is 7.05 Å². The number of nitrogens with zero attached hydrogens (tertiary/aromatic N) is 4. The fourth-order valence-electron chi connectivity index (χ4n) is 3.25. The van der Waals surface area contributed by atoms with E-state index in [1.54, 1.807) is 23.1 Å². The van der Waals surface area contributed by atoms with Gasteiger partial charge >= 0.3 is 0 Å². The predicted octanol–water partition coefficient (Wildman–Crippen LogP) is 0.890. The monoisotopic (exact) mass is 298 g/mol. The van der Waals surface area contributed by atoms with Gasteiger partial charge in [-0.05, 0) is 32.0 Å². The molecule has 0 saturated carbocycles. The van der Waals surface area contributed by atoms with Gasteiger partial charge in [0.2, 0.25) is 0 Å². The van der Waals surface area contributed by atoms with E-state index in [0.29, 0.717) is 5.92 Å². The van der Waals surface area contributed by atoms with Crippen LogP contribution in [0.4, 0.5) is 0 Å². The first kappa shape index (κ1) is 13.3. The van der Waals surface area contributed by atoms with Gasteiger partial charge in [0.1, 0.15) is 5.65 Å². The average Bonchev–Trinajstić information content (AvgIpc) is 3.13. The molecule has 1 aliphatic rings. The molecule has 3 aromatic rings. The summed E-state index contributed by atoms with van der Waals surface area (Å²) in [5, 5.41) is 12.1. The minimum Gasteiger partial charge on any atom is -0.317 e. The Morgan fingerprint density at radius 2 is 2.09 bits per heavy atom. The lowest BCUT2D eigenvalue weighted by Crippen LogP contribution is -2.28. The third-order valence-electron chi connectivity index (χ3n) is 4.39. The minimum atomic E-state index is -0.0787. The molecule has 3 aromatic heterocycles. The van der Waals surface area contributed by atoms with Crippen molar-refractivity contribution in [2.24, 2.45) is 7.05 Å². The molecule has 1 saturated heterocycles. The lowest BCUT2D eigenvalue weighted by molar-refractivity contribution is 0.446. The van der Waals surface area contributed by atoms with E-state index in [2.05, 4.69) is 20.5 Å². The molecule has 1 aliphatic heterocycles. The molecule has 0 amide bonds. The standard InChI is InChI=1S/C15H18N6O/c1-20-12(4-7-17-20)11-9-18-21-13(8-14(22)19-15(11)21)10-2-5-16-6-3-10/h4,7-10,16H,2-3,5-6H2,1H3,(H,19,22). The van der Waals surface area contributed by atoms with Crippen molar-refractivity contribution in [3.05, 3.63) is 40.6 Å². The van der Waals surface area contributed by atoms with Gasteiger partial charge in [0.05, 0.1) is 23.1 Å². The summed E-state index contributed by atoms with van der Waals surface area (Å²) in [6.07, 6.45) is 5.60. The summed E-state index contributed by atoms with van der Waals surface area (Å²) in [4.78, 5) is 15.0. The molecule has 0 radical (unpaired) electrons. The van der Waals surface area contributed by atoms with Crippen LogP contribution in [0.2, 0.25) is 0 Å². The van der Waals surface area contributed by atoms with Crippen LogP contribution >= 0.6 is 0 Å². The average molecular weight is 298 g/mol. The highest BCUT2D eigenvalue weighted by Crippen LogP contribution is 2.27. The maximum atomic E-state index is 12.1. The van der Waals surface area contributed by atoms with Gasteiger partial charge in [-0.3, -0.25) is 9.48 Å². The zero-order chi connectivity index (χ0) is 15.1. The van der Waals surface area contributed by atoms with Crippen molar-refractivity contribution in [1.82, 2.24) is 29.7 Å². The van der Waals surface area contributed by atoms with Crippen molar-refractivity contribution in [2.75, 3.05) is 13.1 Å². The Labute approximate surface area is 127 Å². The summed E-state index contributed by atoms with van der Waals surface area (Å²) in [5.74, 6) is 0.366. The number of hydrogen-bond donors (Lipinski definition) is 2. The summed E-state index contributed by atoms with van der Waals surface area (Å²) < 4.78 is 3.66. The highest BCUT2D eigenvalue weighted by atomic mass is 16.1. The van der Waals surface area contributed by atoms with Crippen molar-refractivity contribution in [1.29, 1.82) is 0 Å². The summed E-state index contributed by atoms with van der Waals surface area (Å²) in [7, 11) is 1.88. The number of aromatic nitrogens is 5. The lowest BCUT2D eigenvalue weighted by Gasteiger charge is -2.23. The van der Waals surface area contributed by atoms with E-state index in [4.69, 9.17) is 0 Å². The van der Waals surface area contributed by atoms with Crippen molar-refractivity contribution in [2.45, 2.75) is 18.8 Å². The van der Waals surface area contributed by atoms with Gasteiger partial charge in [-0.15, -0.1) is 0 Å². The van der Waals surface area contributed by atoms with E-state index in [0.717, 1.165) is 48.5 Å². The van der Waals surface area contributed by atoms with Crippen LogP contribution in [0.5, 0.6) is 0 Å². The molecule has 7 nitrogen and oxygen atoms in total. The summed E-state index contributed by atoms with van der Waals surface area (Å²) in [5.41, 5.74) is 3.49. The molecule has 0 aliphatic carbocycles. The van der Waals surface area contributed by atoms with Crippen LogP contribution in [0.15, 0.2) is 29.3 Å². The second-order valence-electron chi connectivity index (χ2n) is 5.74. The third kappa shape index (κ3) is 2.05. The Balaban J connectivity index is 1.91. The van der Waals surface area contributed by atoms with Gasteiger partial charge < -0.3 is 10.3 Å². The molecule has 0 unspecified atom stereocenters. The largest absolute Gasteiger partial charge is 0.317 e. The fourth-order valence-corrected chi connectivity index (χ4v) is 3.25. The number of aromatic amines is 1. The van der Waals surface area contributed by atoms with Gasteiger partial charge in [0.25, 0.3) is 5.56 Å². The second kappa shape index (κ2) is 5.10. The number of rotatable bonds is 2. The van der Waals surface area contributed by atoms with Crippen LogP contribution in [0, 0.1) is 0 Å². The molecule has 0 bridgehead atoms. The highest BCUT2D eigenvalue weighted by Gasteiger charge is 2.21. The highest BCUT2D eigenvalue weighted by molar-refractivity contribution is 5.74. The number of H-pyrrole nitrogens is 1. The number of hydrogen-bond acceptors (Lipinski definition) is 4. The molecule has 0 spiro atoms. The van der Waals surface area contributed by atoms with Crippen LogP contribution in [0.25, 0.3) is 16.9 Å². The van der Waals surface area contributed by atoms with E-state index in [-0.39, 0.29) is 5.56 Å². The summed E-state index contributed by atoms with van der Waals surface area (Å²) >= 11 is 0. The molecule has 22 heavy (non-hydrogen) atoms. The Morgan fingerprint density at radius 3 is 2.82 bits per heavy atom. The molecule has 4 heterocycles. The third-order valence-corrected chi connectivity index (χ3v) is 4.39. The molecule has 7 heteroatoms. The molecular weight excluding hydrogens is 280 g/mol. The Kier molecular flexibility index (Phi) is 3.07. The quantitative estimate of drug-likeness (QED) is 0.736. The second-order valence-corrected chi connectivity index (χ2v) is 5.74. The number of aryl methyl sites for hydroxylation is 1. The van der Waals surface area contributed by atoms with Crippen LogP contribution in [0.3, 0.4) is 0 Å². The maximum Gasteiger partial charge on any atom is 0.251 e. The van der Waals surface area contributed by atoms with Gasteiger partial charge in [0, 0.05) is 25.2 Å². The molecular formula is C15H18N6O. The Bertz CT molecular complexity index is 868. The SMILES string of the molecule is Cn1nccc1-c1cnn2c(C3CCNCC3)cc(=O)[nH]c12. The van der Waals surface area contributed by atoms with E-state index in [1.165, 1.54) is 0 Å². The van der Waals surface area contributed by atoms with Gasteiger partial charge in [0.15, 0.2) is 0 Å². The topological polar surface area (TPSA) is 80.0 Å². The lowest BCUT2D eigenvalue weighted by atomic mass is 9.94. The molecule has 1 fully saturated rings. The zero-order valence-corrected chi connectivity index (χ0v) is 12.4. The van der Waals surface area contributed by atoms with Crippen molar-refractivity contribution in [3.63, 3.8) is 0 Å². The Morgan fingerprint density at radius 1 is 1.27 bits per heavy atom. The number of piperidine rings is 1. The van der Waals surface area contributed by atoms with E-state index in [9.17, 15) is 4.79 Å². The van der Waals surface area contributed by atoms with Crippen LogP contribution < -0.4 is 10.9 Å². The van der Waals surface area contributed by atoms with E-state index < -0.39 is 0 Å². The first-order valence-electron chi connectivity index (χ1n) is 7.54.